The molecule has 1 saturated heterocycles. The highest BCUT2D eigenvalue weighted by Gasteiger charge is 2.25. The molecule has 5 nitrogen and oxygen atoms in total. The molecule has 3 aromatic rings. The fourth-order valence-electron chi connectivity index (χ4n) is 3.58. The first-order valence-electron chi connectivity index (χ1n) is 10.4. The van der Waals surface area contributed by atoms with E-state index in [4.69, 9.17) is 16.3 Å². The lowest BCUT2D eigenvalue weighted by Gasteiger charge is -2.30. The van der Waals surface area contributed by atoms with Crippen molar-refractivity contribution >= 4 is 17.5 Å². The summed E-state index contributed by atoms with van der Waals surface area (Å²) in [6.45, 7) is 8.55. The van der Waals surface area contributed by atoms with Gasteiger partial charge in [0.2, 0.25) is 5.95 Å². The summed E-state index contributed by atoms with van der Waals surface area (Å²) in [6.07, 6.45) is 2.98. The van der Waals surface area contributed by atoms with Crippen LogP contribution in [0, 0.1) is 18.3 Å². The van der Waals surface area contributed by atoms with Gasteiger partial charge in [-0.15, -0.1) is 0 Å². The van der Waals surface area contributed by atoms with Crippen LogP contribution in [0.15, 0.2) is 48.7 Å². The summed E-state index contributed by atoms with van der Waals surface area (Å²) in [5.74, 6) is 1.56. The fourth-order valence-corrected chi connectivity index (χ4v) is 3.80. The number of nitriles is 1. The highest BCUT2D eigenvalue weighted by atomic mass is 35.5. The maximum atomic E-state index is 9.42. The molecule has 4 rings (SSSR count). The van der Waals surface area contributed by atoms with Crippen molar-refractivity contribution in [2.45, 2.75) is 39.2 Å². The molecule has 1 aliphatic heterocycles. The number of ether oxygens (including phenoxy) is 1. The van der Waals surface area contributed by atoms with E-state index in [2.05, 4.69) is 46.9 Å². The molecule has 0 radical (unpaired) electrons. The Morgan fingerprint density at radius 3 is 2.52 bits per heavy atom. The molecule has 1 fully saturated rings. The van der Waals surface area contributed by atoms with Crippen LogP contribution in [0.1, 0.15) is 48.2 Å². The molecule has 0 N–H and O–H groups in total. The fraction of sp³-hybridized carbons (Fsp3) is 0.320. The average molecular weight is 433 g/mol. The molecule has 158 valence electrons. The highest BCUT2D eigenvalue weighted by Crippen LogP contribution is 2.35. The number of benzene rings is 2. The minimum Gasteiger partial charge on any atom is -0.487 e. The molecule has 1 aliphatic rings. The van der Waals surface area contributed by atoms with Crippen molar-refractivity contribution in [3.05, 3.63) is 81.6 Å². The van der Waals surface area contributed by atoms with Crippen LogP contribution in [0.25, 0.3) is 0 Å². The van der Waals surface area contributed by atoms with Crippen molar-refractivity contribution in [1.82, 2.24) is 9.97 Å². The van der Waals surface area contributed by atoms with Gasteiger partial charge < -0.3 is 9.64 Å². The molecule has 0 spiro atoms. The Labute approximate surface area is 188 Å². The second kappa shape index (κ2) is 8.56. The quantitative estimate of drug-likeness (QED) is 0.520. The molecule has 2 aromatic carbocycles. The summed E-state index contributed by atoms with van der Waals surface area (Å²) < 4.78 is 5.95. The van der Waals surface area contributed by atoms with Gasteiger partial charge in [0, 0.05) is 29.7 Å². The number of nitrogens with zero attached hydrogens (tertiary/aromatic N) is 4. The van der Waals surface area contributed by atoms with Crippen molar-refractivity contribution in [3.8, 4) is 11.8 Å². The van der Waals surface area contributed by atoms with Gasteiger partial charge in [-0.1, -0.05) is 37.6 Å². The Morgan fingerprint density at radius 1 is 1.13 bits per heavy atom. The second-order valence-corrected chi connectivity index (χ2v) is 8.78. The maximum absolute atomic E-state index is 9.42. The summed E-state index contributed by atoms with van der Waals surface area (Å²) in [7, 11) is 0. The summed E-state index contributed by atoms with van der Waals surface area (Å²) in [5.41, 5.74) is 4.10. The van der Waals surface area contributed by atoms with E-state index in [0.29, 0.717) is 17.2 Å². The molecule has 0 saturated carbocycles. The normalized spacial score (nSPS) is 13.5. The van der Waals surface area contributed by atoms with Crippen molar-refractivity contribution in [3.63, 3.8) is 0 Å². The molecule has 31 heavy (non-hydrogen) atoms. The monoisotopic (exact) mass is 432 g/mol. The van der Waals surface area contributed by atoms with E-state index < -0.39 is 0 Å². The Kier molecular flexibility index (Phi) is 5.84. The lowest BCUT2D eigenvalue weighted by molar-refractivity contribution is 0.301. The van der Waals surface area contributed by atoms with E-state index in [-0.39, 0.29) is 5.41 Å². The Bertz CT molecular complexity index is 1130. The highest BCUT2D eigenvalue weighted by molar-refractivity contribution is 6.31. The van der Waals surface area contributed by atoms with Gasteiger partial charge in [-0.2, -0.15) is 5.26 Å². The van der Waals surface area contributed by atoms with E-state index in [0.717, 1.165) is 47.2 Å². The number of hydrogen-bond acceptors (Lipinski definition) is 5. The third-order valence-electron chi connectivity index (χ3n) is 5.99. The first-order chi connectivity index (χ1) is 14.9. The molecule has 0 bridgehead atoms. The molecule has 1 aromatic heterocycles. The van der Waals surface area contributed by atoms with Crippen LogP contribution < -0.4 is 9.64 Å². The lowest BCUT2D eigenvalue weighted by Crippen LogP contribution is -2.38. The minimum atomic E-state index is -0.305. The van der Waals surface area contributed by atoms with Gasteiger partial charge in [0.05, 0.1) is 17.3 Å². The summed E-state index contributed by atoms with van der Waals surface area (Å²) in [5, 5.41) is 10.0. The average Bonchev–Trinajstić information content (AvgIpc) is 2.73. The number of halogens is 1. The van der Waals surface area contributed by atoms with E-state index in [1.54, 1.807) is 6.20 Å². The van der Waals surface area contributed by atoms with Gasteiger partial charge in [-0.3, -0.25) is 0 Å². The van der Waals surface area contributed by atoms with Crippen LogP contribution in [-0.4, -0.2) is 23.1 Å². The van der Waals surface area contributed by atoms with E-state index in [1.807, 2.05) is 37.3 Å². The van der Waals surface area contributed by atoms with Crippen LogP contribution in [-0.2, 0) is 12.0 Å². The molecule has 0 amide bonds. The predicted molar refractivity (Wildman–Crippen MR) is 123 cm³/mol. The minimum absolute atomic E-state index is 0.305. The van der Waals surface area contributed by atoms with E-state index in [9.17, 15) is 5.26 Å². The summed E-state index contributed by atoms with van der Waals surface area (Å²) in [4.78, 5) is 11.1. The third-order valence-corrected chi connectivity index (χ3v) is 6.38. The Balaban J connectivity index is 1.48. The standard InChI is InChI=1S/C25H25ClN4O/c1-17-18(15-27)13-20(14-23(17)26)25(2,3)19-5-7-22(8-6-19)31-16-21-9-10-28-24(29-21)30-11-4-12-30/h5-10,13-14H,4,11-12,16H2,1-3H3. The molecule has 0 unspecified atom stereocenters. The zero-order chi connectivity index (χ0) is 22.0. The Hall–Kier alpha value is -3.10. The predicted octanol–water partition coefficient (Wildman–Crippen LogP) is 5.43. The number of aromatic nitrogens is 2. The van der Waals surface area contributed by atoms with E-state index >= 15 is 0 Å². The van der Waals surface area contributed by atoms with Gasteiger partial charge in [0.15, 0.2) is 0 Å². The summed E-state index contributed by atoms with van der Waals surface area (Å²) >= 11 is 6.37. The zero-order valence-corrected chi connectivity index (χ0v) is 18.8. The number of hydrogen-bond donors (Lipinski definition) is 0. The van der Waals surface area contributed by atoms with Crippen molar-refractivity contribution in [1.29, 1.82) is 5.26 Å². The molecule has 0 atom stereocenters. The topological polar surface area (TPSA) is 62.0 Å². The van der Waals surface area contributed by atoms with E-state index in [1.165, 1.54) is 6.42 Å². The molecule has 2 heterocycles. The van der Waals surface area contributed by atoms with Crippen LogP contribution in [0.3, 0.4) is 0 Å². The van der Waals surface area contributed by atoms with Crippen molar-refractivity contribution in [2.24, 2.45) is 0 Å². The third kappa shape index (κ3) is 4.35. The largest absolute Gasteiger partial charge is 0.487 e. The molecular weight excluding hydrogens is 408 g/mol. The van der Waals surface area contributed by atoms with Crippen molar-refractivity contribution < 1.29 is 4.74 Å². The first kappa shape index (κ1) is 21.1. The van der Waals surface area contributed by atoms with Crippen LogP contribution in [0.2, 0.25) is 5.02 Å². The molecule has 6 heteroatoms. The molecule has 0 aliphatic carbocycles. The summed E-state index contributed by atoms with van der Waals surface area (Å²) in [6, 6.07) is 16.1. The van der Waals surface area contributed by atoms with Gasteiger partial charge >= 0.3 is 0 Å². The SMILES string of the molecule is Cc1c(Cl)cc(C(C)(C)c2ccc(OCc3ccnc(N4CCC4)n3)cc2)cc1C#N. The second-order valence-electron chi connectivity index (χ2n) is 8.37. The van der Waals surface area contributed by atoms with Crippen LogP contribution in [0.5, 0.6) is 5.75 Å². The van der Waals surface area contributed by atoms with Gasteiger partial charge in [-0.05, 0) is 60.4 Å². The zero-order valence-electron chi connectivity index (χ0n) is 18.0. The van der Waals surface area contributed by atoms with Gasteiger partial charge in [-0.25, -0.2) is 9.97 Å². The molecular formula is C25H25ClN4O. The number of rotatable bonds is 6. The maximum Gasteiger partial charge on any atom is 0.225 e. The van der Waals surface area contributed by atoms with Crippen LogP contribution >= 0.6 is 11.6 Å². The van der Waals surface area contributed by atoms with Gasteiger partial charge in [0.25, 0.3) is 0 Å². The smallest absolute Gasteiger partial charge is 0.225 e. The first-order valence-corrected chi connectivity index (χ1v) is 10.8. The van der Waals surface area contributed by atoms with Crippen LogP contribution in [0.4, 0.5) is 5.95 Å². The van der Waals surface area contributed by atoms with Gasteiger partial charge in [0.1, 0.15) is 12.4 Å². The van der Waals surface area contributed by atoms with Crippen molar-refractivity contribution in [2.75, 3.05) is 18.0 Å². The Morgan fingerprint density at radius 2 is 1.87 bits per heavy atom. The number of anilines is 1. The lowest BCUT2D eigenvalue weighted by atomic mass is 9.77.